The maximum Gasteiger partial charge on any atom is 0.231 e. The maximum atomic E-state index is 12.6. The van der Waals surface area contributed by atoms with Crippen molar-refractivity contribution in [2.24, 2.45) is 5.92 Å². The summed E-state index contributed by atoms with van der Waals surface area (Å²) in [6, 6.07) is 13.4. The number of likely N-dealkylation sites (tertiary alicyclic amines) is 1. The van der Waals surface area contributed by atoms with Crippen molar-refractivity contribution in [2.75, 3.05) is 25.2 Å². The van der Waals surface area contributed by atoms with Gasteiger partial charge in [-0.25, -0.2) is 4.98 Å². The van der Waals surface area contributed by atoms with E-state index in [2.05, 4.69) is 16.4 Å². The van der Waals surface area contributed by atoms with Crippen LogP contribution in [0, 0.1) is 5.92 Å². The molecule has 1 aromatic heterocycles. The fourth-order valence-electron chi connectivity index (χ4n) is 4.01. The van der Waals surface area contributed by atoms with Gasteiger partial charge < -0.3 is 19.7 Å². The van der Waals surface area contributed by atoms with Crippen molar-refractivity contribution in [1.82, 2.24) is 9.88 Å². The predicted molar refractivity (Wildman–Crippen MR) is 118 cm³/mol. The van der Waals surface area contributed by atoms with E-state index in [1.807, 2.05) is 29.2 Å². The summed E-state index contributed by atoms with van der Waals surface area (Å²) in [5.74, 6) is 1.36. The smallest absolute Gasteiger partial charge is 0.231 e. The molecule has 2 aliphatic rings. The zero-order chi connectivity index (χ0) is 21.2. The van der Waals surface area contributed by atoms with Gasteiger partial charge in [-0.05, 0) is 37.1 Å². The minimum Gasteiger partial charge on any atom is -0.454 e. The number of fused-ring (bicyclic) bond motifs is 2. The number of para-hydroxylation sites is 1. The molecule has 2 aromatic carbocycles. The Morgan fingerprint density at radius 2 is 1.90 bits per heavy atom. The average molecular weight is 438 g/mol. The van der Waals surface area contributed by atoms with E-state index in [0.29, 0.717) is 56.0 Å². The van der Waals surface area contributed by atoms with Gasteiger partial charge in [-0.1, -0.05) is 12.1 Å². The van der Waals surface area contributed by atoms with Crippen LogP contribution < -0.4 is 14.8 Å². The van der Waals surface area contributed by atoms with Crippen molar-refractivity contribution in [3.63, 3.8) is 0 Å². The number of carbonyl (C=O) groups is 2. The summed E-state index contributed by atoms with van der Waals surface area (Å²) in [7, 11) is 0. The van der Waals surface area contributed by atoms with Crippen LogP contribution in [-0.2, 0) is 16.0 Å². The highest BCUT2D eigenvalue weighted by molar-refractivity contribution is 7.18. The first-order chi connectivity index (χ1) is 15.2. The third-order valence-electron chi connectivity index (χ3n) is 5.75. The molecule has 31 heavy (non-hydrogen) atoms. The number of ether oxygens (including phenoxy) is 2. The first-order valence-corrected chi connectivity index (χ1v) is 11.3. The molecule has 1 saturated heterocycles. The molecule has 7 nitrogen and oxygen atoms in total. The van der Waals surface area contributed by atoms with Crippen molar-refractivity contribution >= 4 is 39.1 Å². The quantitative estimate of drug-likeness (QED) is 0.656. The number of amides is 2. The molecule has 5 rings (SSSR count). The Morgan fingerprint density at radius 3 is 2.74 bits per heavy atom. The topological polar surface area (TPSA) is 80.8 Å². The van der Waals surface area contributed by atoms with Crippen molar-refractivity contribution in [2.45, 2.75) is 25.7 Å². The van der Waals surface area contributed by atoms with Crippen LogP contribution in [0.5, 0.6) is 11.5 Å². The molecule has 0 radical (unpaired) electrons. The third kappa shape index (κ3) is 4.34. The van der Waals surface area contributed by atoms with E-state index in [-0.39, 0.29) is 24.5 Å². The third-order valence-corrected chi connectivity index (χ3v) is 6.85. The zero-order valence-electron chi connectivity index (χ0n) is 17.0. The minimum absolute atomic E-state index is 0.0135. The van der Waals surface area contributed by atoms with Gasteiger partial charge in [-0.2, -0.15) is 0 Å². The number of anilines is 1. The number of rotatable bonds is 5. The number of hydrogen-bond donors (Lipinski definition) is 1. The van der Waals surface area contributed by atoms with Crippen molar-refractivity contribution < 1.29 is 19.1 Å². The monoisotopic (exact) mass is 437 g/mol. The summed E-state index contributed by atoms with van der Waals surface area (Å²) in [5.41, 5.74) is 1.69. The van der Waals surface area contributed by atoms with Gasteiger partial charge in [-0.3, -0.25) is 9.59 Å². The molecule has 3 heterocycles. The van der Waals surface area contributed by atoms with Crippen LogP contribution in [0.3, 0.4) is 0 Å². The van der Waals surface area contributed by atoms with Gasteiger partial charge in [0.2, 0.25) is 18.6 Å². The number of nitrogens with zero attached hydrogens (tertiary/aromatic N) is 2. The van der Waals surface area contributed by atoms with E-state index in [9.17, 15) is 9.59 Å². The molecule has 0 atom stereocenters. The molecule has 2 aliphatic heterocycles. The lowest BCUT2D eigenvalue weighted by atomic mass is 9.95. The zero-order valence-corrected chi connectivity index (χ0v) is 17.8. The highest BCUT2D eigenvalue weighted by Crippen LogP contribution is 2.34. The van der Waals surface area contributed by atoms with Gasteiger partial charge in [0.1, 0.15) is 0 Å². The highest BCUT2D eigenvalue weighted by Gasteiger charge is 2.27. The molecule has 3 aromatic rings. The Bertz CT molecular complexity index is 1090. The maximum absolute atomic E-state index is 12.6. The number of aryl methyl sites for hydroxylation is 1. The van der Waals surface area contributed by atoms with E-state index in [1.165, 1.54) is 0 Å². The van der Waals surface area contributed by atoms with E-state index in [0.717, 1.165) is 15.2 Å². The second-order valence-electron chi connectivity index (χ2n) is 7.79. The van der Waals surface area contributed by atoms with Crippen LogP contribution in [-0.4, -0.2) is 41.6 Å². The minimum atomic E-state index is -0.0984. The molecular formula is C23H23N3O4S. The number of piperidine rings is 1. The predicted octanol–water partition coefficient (Wildman–Crippen LogP) is 3.83. The van der Waals surface area contributed by atoms with E-state index in [4.69, 9.17) is 9.47 Å². The molecule has 2 amide bonds. The lowest BCUT2D eigenvalue weighted by molar-refractivity contribution is -0.134. The lowest BCUT2D eigenvalue weighted by Crippen LogP contribution is -2.41. The fourth-order valence-corrected chi connectivity index (χ4v) is 4.98. The normalized spacial score (nSPS) is 15.9. The fraction of sp³-hybridized carbons (Fsp3) is 0.348. The van der Waals surface area contributed by atoms with Crippen LogP contribution >= 0.6 is 11.3 Å². The van der Waals surface area contributed by atoms with Gasteiger partial charge in [0.25, 0.3) is 0 Å². The van der Waals surface area contributed by atoms with E-state index >= 15 is 0 Å². The molecule has 8 heteroatoms. The number of aromatic nitrogens is 1. The van der Waals surface area contributed by atoms with E-state index in [1.54, 1.807) is 23.5 Å². The number of carbonyl (C=O) groups excluding carboxylic acids is 2. The molecule has 1 N–H and O–H groups in total. The number of hydrogen-bond acceptors (Lipinski definition) is 6. The van der Waals surface area contributed by atoms with Crippen LogP contribution in [0.25, 0.3) is 10.2 Å². The van der Waals surface area contributed by atoms with Gasteiger partial charge >= 0.3 is 0 Å². The number of benzene rings is 2. The standard InChI is InChI=1S/C23H23N3O4S/c27-22(8-7-21-25-17-3-1-2-4-20(17)31-21)26-11-9-15(10-12-26)23(28)24-16-5-6-18-19(13-16)30-14-29-18/h1-6,13,15H,7-12,14H2,(H,24,28). The molecule has 160 valence electrons. The molecule has 0 spiro atoms. The Labute approximate surface area is 184 Å². The summed E-state index contributed by atoms with van der Waals surface area (Å²) in [6.07, 6.45) is 2.45. The lowest BCUT2D eigenvalue weighted by Gasteiger charge is -2.31. The molecule has 0 unspecified atom stereocenters. The summed E-state index contributed by atoms with van der Waals surface area (Å²) in [4.78, 5) is 31.8. The molecule has 0 bridgehead atoms. The second-order valence-corrected chi connectivity index (χ2v) is 8.90. The highest BCUT2D eigenvalue weighted by atomic mass is 32.1. The first-order valence-electron chi connectivity index (χ1n) is 10.5. The number of nitrogens with one attached hydrogen (secondary N) is 1. The Morgan fingerprint density at radius 1 is 1.10 bits per heavy atom. The Balaban J connectivity index is 1.10. The van der Waals surface area contributed by atoms with E-state index < -0.39 is 0 Å². The SMILES string of the molecule is O=C(Nc1ccc2c(c1)OCO2)C1CCN(C(=O)CCc2nc3ccccc3s2)CC1. The molecular weight excluding hydrogens is 414 g/mol. The van der Waals surface area contributed by atoms with Crippen LogP contribution in [0.1, 0.15) is 24.3 Å². The largest absolute Gasteiger partial charge is 0.454 e. The van der Waals surface area contributed by atoms with Gasteiger partial charge in [0.05, 0.1) is 15.2 Å². The molecule has 0 saturated carbocycles. The van der Waals surface area contributed by atoms with Crippen molar-refractivity contribution in [3.05, 3.63) is 47.5 Å². The Hall–Kier alpha value is -3.13. The van der Waals surface area contributed by atoms with Crippen molar-refractivity contribution in [1.29, 1.82) is 0 Å². The van der Waals surface area contributed by atoms with Crippen LogP contribution in [0.2, 0.25) is 0 Å². The van der Waals surface area contributed by atoms with Crippen molar-refractivity contribution in [3.8, 4) is 11.5 Å². The summed E-state index contributed by atoms with van der Waals surface area (Å²) < 4.78 is 11.8. The van der Waals surface area contributed by atoms with Crippen LogP contribution in [0.15, 0.2) is 42.5 Å². The van der Waals surface area contributed by atoms with Gasteiger partial charge in [-0.15, -0.1) is 11.3 Å². The summed E-state index contributed by atoms with van der Waals surface area (Å²) in [5, 5.41) is 3.95. The first kappa shape index (κ1) is 19.8. The molecule has 0 aliphatic carbocycles. The van der Waals surface area contributed by atoms with Gasteiger partial charge in [0.15, 0.2) is 11.5 Å². The summed E-state index contributed by atoms with van der Waals surface area (Å²) >= 11 is 1.65. The average Bonchev–Trinajstić information content (AvgIpc) is 3.43. The van der Waals surface area contributed by atoms with Gasteiger partial charge in [0, 0.05) is 43.6 Å². The van der Waals surface area contributed by atoms with Crippen LogP contribution in [0.4, 0.5) is 5.69 Å². The molecule has 1 fully saturated rings. The Kier molecular flexibility index (Phi) is 5.46. The second kappa shape index (κ2) is 8.55. The number of thiazole rings is 1. The summed E-state index contributed by atoms with van der Waals surface area (Å²) in [6.45, 7) is 1.42.